The van der Waals surface area contributed by atoms with E-state index in [0.29, 0.717) is 23.3 Å². The first kappa shape index (κ1) is 10.8. The fourth-order valence-corrected chi connectivity index (χ4v) is 1.58. The van der Waals surface area contributed by atoms with E-state index in [9.17, 15) is 0 Å². The highest BCUT2D eigenvalue weighted by molar-refractivity contribution is 6.32. The van der Waals surface area contributed by atoms with Gasteiger partial charge in [-0.05, 0) is 17.7 Å². The van der Waals surface area contributed by atoms with Gasteiger partial charge in [-0.25, -0.2) is 10.1 Å². The number of aromatic amines is 1. The fourth-order valence-electron chi connectivity index (χ4n) is 1.30. The zero-order valence-electron chi connectivity index (χ0n) is 8.70. The quantitative estimate of drug-likeness (QED) is 0.856. The maximum Gasteiger partial charge on any atom is 0.218 e. The van der Waals surface area contributed by atoms with Crippen molar-refractivity contribution in [3.63, 3.8) is 0 Å². The van der Waals surface area contributed by atoms with E-state index in [4.69, 9.17) is 16.3 Å². The molecule has 0 unspecified atom stereocenters. The van der Waals surface area contributed by atoms with Crippen LogP contribution in [0.5, 0.6) is 5.75 Å². The molecule has 0 amide bonds. The lowest BCUT2D eigenvalue weighted by atomic mass is 10.2. The molecule has 0 aliphatic rings. The molecule has 0 fully saturated rings. The topological polar surface area (TPSA) is 62.8 Å². The van der Waals surface area contributed by atoms with Gasteiger partial charge in [0.05, 0.1) is 12.1 Å². The Kier molecular flexibility index (Phi) is 3.26. The number of nitrogens with zero attached hydrogens (tertiary/aromatic N) is 2. The maximum atomic E-state index is 6.00. The third kappa shape index (κ3) is 2.43. The number of rotatable bonds is 4. The SMILES string of the molecule is COc1ccc(CNc2ncn[nH]2)cc1Cl. The second kappa shape index (κ2) is 4.85. The second-order valence-corrected chi connectivity index (χ2v) is 3.56. The molecule has 0 radical (unpaired) electrons. The summed E-state index contributed by atoms with van der Waals surface area (Å²) in [6.45, 7) is 0.624. The Morgan fingerprint density at radius 1 is 1.50 bits per heavy atom. The zero-order chi connectivity index (χ0) is 11.4. The minimum Gasteiger partial charge on any atom is -0.495 e. The van der Waals surface area contributed by atoms with Crippen molar-refractivity contribution in [2.45, 2.75) is 6.54 Å². The highest BCUT2D eigenvalue weighted by Crippen LogP contribution is 2.24. The number of aromatic nitrogens is 3. The van der Waals surface area contributed by atoms with Crippen LogP contribution in [0.4, 0.5) is 5.95 Å². The number of ether oxygens (including phenoxy) is 1. The van der Waals surface area contributed by atoms with E-state index < -0.39 is 0 Å². The number of H-pyrrole nitrogens is 1. The molecule has 0 bridgehead atoms. The van der Waals surface area contributed by atoms with Crippen molar-refractivity contribution in [1.29, 1.82) is 0 Å². The lowest BCUT2D eigenvalue weighted by Crippen LogP contribution is -2.01. The monoisotopic (exact) mass is 238 g/mol. The normalized spacial score (nSPS) is 10.1. The molecule has 2 N–H and O–H groups in total. The molecule has 0 aliphatic heterocycles. The second-order valence-electron chi connectivity index (χ2n) is 3.16. The summed E-state index contributed by atoms with van der Waals surface area (Å²) in [5, 5.41) is 10.1. The number of hydrogen-bond donors (Lipinski definition) is 2. The Labute approximate surface area is 97.8 Å². The molecule has 84 valence electrons. The Morgan fingerprint density at radius 3 is 3.00 bits per heavy atom. The van der Waals surface area contributed by atoms with Gasteiger partial charge in [0, 0.05) is 6.54 Å². The van der Waals surface area contributed by atoms with Crippen molar-refractivity contribution in [2.24, 2.45) is 0 Å². The molecule has 16 heavy (non-hydrogen) atoms. The van der Waals surface area contributed by atoms with Crippen LogP contribution in [-0.4, -0.2) is 22.3 Å². The largest absolute Gasteiger partial charge is 0.495 e. The van der Waals surface area contributed by atoms with Crippen LogP contribution in [0.15, 0.2) is 24.5 Å². The number of nitrogens with one attached hydrogen (secondary N) is 2. The summed E-state index contributed by atoms with van der Waals surface area (Å²) in [6.07, 6.45) is 1.45. The Morgan fingerprint density at radius 2 is 2.38 bits per heavy atom. The molecule has 1 aromatic carbocycles. The molecule has 6 heteroatoms. The van der Waals surface area contributed by atoms with E-state index in [-0.39, 0.29) is 0 Å². The van der Waals surface area contributed by atoms with E-state index >= 15 is 0 Å². The predicted molar refractivity (Wildman–Crippen MR) is 61.7 cm³/mol. The van der Waals surface area contributed by atoms with Gasteiger partial charge in [-0.3, -0.25) is 0 Å². The van der Waals surface area contributed by atoms with Gasteiger partial charge in [-0.15, -0.1) is 0 Å². The summed E-state index contributed by atoms with van der Waals surface area (Å²) < 4.78 is 5.07. The lowest BCUT2D eigenvalue weighted by Gasteiger charge is -2.06. The first-order valence-corrected chi connectivity index (χ1v) is 5.09. The molecule has 0 saturated carbocycles. The van der Waals surface area contributed by atoms with E-state index in [2.05, 4.69) is 20.5 Å². The molecule has 0 atom stereocenters. The molecular weight excluding hydrogens is 228 g/mol. The summed E-state index contributed by atoms with van der Waals surface area (Å²) >= 11 is 6.00. The van der Waals surface area contributed by atoms with Gasteiger partial charge in [0.15, 0.2) is 0 Å². The summed E-state index contributed by atoms with van der Waals surface area (Å²) in [5.41, 5.74) is 1.04. The number of methoxy groups -OCH3 is 1. The average molecular weight is 239 g/mol. The standard InChI is InChI=1S/C10H11ClN4O/c1-16-9-3-2-7(4-8(9)11)5-12-10-13-6-14-15-10/h2-4,6H,5H2,1H3,(H2,12,13,14,15). The molecule has 0 spiro atoms. The molecule has 2 rings (SSSR count). The van der Waals surface area contributed by atoms with Crippen LogP contribution in [0.3, 0.4) is 0 Å². The van der Waals surface area contributed by atoms with Crippen LogP contribution in [0.1, 0.15) is 5.56 Å². The Hall–Kier alpha value is -1.75. The Bertz CT molecular complexity index is 458. The molecule has 1 aromatic heterocycles. The summed E-state index contributed by atoms with van der Waals surface area (Å²) in [7, 11) is 1.59. The minimum atomic E-state index is 0.597. The van der Waals surface area contributed by atoms with Crippen molar-refractivity contribution >= 4 is 17.5 Å². The van der Waals surface area contributed by atoms with Gasteiger partial charge in [0.1, 0.15) is 12.1 Å². The number of anilines is 1. The van der Waals surface area contributed by atoms with Crippen LogP contribution in [0.2, 0.25) is 5.02 Å². The molecule has 1 heterocycles. The van der Waals surface area contributed by atoms with Gasteiger partial charge in [0.2, 0.25) is 5.95 Å². The fraction of sp³-hybridized carbons (Fsp3) is 0.200. The highest BCUT2D eigenvalue weighted by atomic mass is 35.5. The predicted octanol–water partition coefficient (Wildman–Crippen LogP) is 2.08. The van der Waals surface area contributed by atoms with Crippen molar-refractivity contribution < 1.29 is 4.74 Å². The van der Waals surface area contributed by atoms with Gasteiger partial charge < -0.3 is 10.1 Å². The zero-order valence-corrected chi connectivity index (χ0v) is 9.45. The van der Waals surface area contributed by atoms with Crippen LogP contribution in [-0.2, 0) is 6.54 Å². The highest BCUT2D eigenvalue weighted by Gasteiger charge is 2.02. The average Bonchev–Trinajstić information content (AvgIpc) is 2.79. The van der Waals surface area contributed by atoms with Gasteiger partial charge >= 0.3 is 0 Å². The third-order valence-corrected chi connectivity index (χ3v) is 2.39. The summed E-state index contributed by atoms with van der Waals surface area (Å²) in [6, 6.07) is 5.62. The van der Waals surface area contributed by atoms with Gasteiger partial charge in [-0.2, -0.15) is 5.10 Å². The van der Waals surface area contributed by atoms with Crippen molar-refractivity contribution in [3.05, 3.63) is 35.1 Å². The summed E-state index contributed by atoms with van der Waals surface area (Å²) in [5.74, 6) is 1.30. The first-order chi connectivity index (χ1) is 7.79. The van der Waals surface area contributed by atoms with Crippen LogP contribution < -0.4 is 10.1 Å². The lowest BCUT2D eigenvalue weighted by molar-refractivity contribution is 0.415. The number of hydrogen-bond acceptors (Lipinski definition) is 4. The van der Waals surface area contributed by atoms with Crippen molar-refractivity contribution in [3.8, 4) is 5.75 Å². The third-order valence-electron chi connectivity index (χ3n) is 2.09. The van der Waals surface area contributed by atoms with Gasteiger partial charge in [0.25, 0.3) is 0 Å². The van der Waals surface area contributed by atoms with E-state index in [1.165, 1.54) is 6.33 Å². The smallest absolute Gasteiger partial charge is 0.218 e. The molecule has 0 saturated heterocycles. The van der Waals surface area contributed by atoms with Crippen LogP contribution >= 0.6 is 11.6 Å². The van der Waals surface area contributed by atoms with E-state index in [0.717, 1.165) is 5.56 Å². The molecule has 5 nitrogen and oxygen atoms in total. The molecular formula is C10H11ClN4O. The first-order valence-electron chi connectivity index (χ1n) is 4.71. The van der Waals surface area contributed by atoms with Crippen LogP contribution in [0.25, 0.3) is 0 Å². The van der Waals surface area contributed by atoms with Crippen LogP contribution in [0, 0.1) is 0 Å². The molecule has 0 aliphatic carbocycles. The van der Waals surface area contributed by atoms with Gasteiger partial charge in [-0.1, -0.05) is 17.7 Å². The number of benzene rings is 1. The molecule has 2 aromatic rings. The van der Waals surface area contributed by atoms with E-state index in [1.807, 2.05) is 18.2 Å². The van der Waals surface area contributed by atoms with E-state index in [1.54, 1.807) is 7.11 Å². The minimum absolute atomic E-state index is 0.597. The summed E-state index contributed by atoms with van der Waals surface area (Å²) in [4.78, 5) is 3.95. The van der Waals surface area contributed by atoms with Crippen molar-refractivity contribution in [2.75, 3.05) is 12.4 Å². The van der Waals surface area contributed by atoms with Crippen molar-refractivity contribution in [1.82, 2.24) is 15.2 Å². The number of halogens is 1. The Balaban J connectivity index is 2.02. The maximum absolute atomic E-state index is 6.00.